The number of allylic oxidation sites excluding steroid dienone is 1. The molecule has 1 N–H and O–H groups in total. The van der Waals surface area contributed by atoms with Crippen LogP contribution in [0, 0.1) is 0 Å². The van der Waals surface area contributed by atoms with E-state index in [0.29, 0.717) is 6.04 Å². The Bertz CT molecular complexity index is 408. The molecule has 0 aliphatic heterocycles. The van der Waals surface area contributed by atoms with Gasteiger partial charge in [0.05, 0.1) is 0 Å². The van der Waals surface area contributed by atoms with Crippen molar-refractivity contribution in [2.24, 2.45) is 0 Å². The Labute approximate surface area is 122 Å². The van der Waals surface area contributed by atoms with Crippen LogP contribution in [0.3, 0.4) is 0 Å². The van der Waals surface area contributed by atoms with Crippen LogP contribution in [0.2, 0.25) is 5.02 Å². The number of benzene rings is 1. The Hall–Kier alpha value is -0.790. The molecule has 0 amide bonds. The molecule has 0 radical (unpaired) electrons. The summed E-state index contributed by atoms with van der Waals surface area (Å²) in [6, 6.07) is 8.72. The second-order valence-corrected chi connectivity index (χ2v) is 5.79. The Morgan fingerprint density at radius 2 is 2.05 bits per heavy atom. The third kappa shape index (κ3) is 4.67. The van der Waals surface area contributed by atoms with Crippen LogP contribution in [0.5, 0.6) is 0 Å². The Morgan fingerprint density at radius 1 is 1.26 bits per heavy atom. The number of halogens is 1. The minimum absolute atomic E-state index is 0.462. The minimum Gasteiger partial charge on any atom is -0.310 e. The molecule has 2 rings (SSSR count). The first-order valence-electron chi connectivity index (χ1n) is 7.46. The predicted octanol–water partition coefficient (Wildman–Crippen LogP) is 5.27. The van der Waals surface area contributed by atoms with Gasteiger partial charge in [-0.1, -0.05) is 48.7 Å². The van der Waals surface area contributed by atoms with Crippen molar-refractivity contribution in [3.63, 3.8) is 0 Å². The first-order chi connectivity index (χ1) is 9.29. The predicted molar refractivity (Wildman–Crippen MR) is 83.7 cm³/mol. The zero-order valence-electron chi connectivity index (χ0n) is 11.8. The number of hydrogen-bond donors (Lipinski definition) is 1. The van der Waals surface area contributed by atoms with Crippen molar-refractivity contribution in [2.75, 3.05) is 6.54 Å². The Kier molecular flexibility index (Phi) is 5.93. The lowest BCUT2D eigenvalue weighted by atomic mass is 10.0. The van der Waals surface area contributed by atoms with Crippen molar-refractivity contribution in [3.05, 3.63) is 46.5 Å². The summed E-state index contributed by atoms with van der Waals surface area (Å²) in [4.78, 5) is 0. The standard InChI is InChI=1S/C17H24ClN/c1-2-5-17(15-8-10-16(18)11-9-15)19-13-12-14-6-3-4-7-14/h6,8-11,17,19H,2-5,7,12-13H2,1H3. The lowest BCUT2D eigenvalue weighted by Gasteiger charge is -2.19. The van der Waals surface area contributed by atoms with Gasteiger partial charge in [0.15, 0.2) is 0 Å². The van der Waals surface area contributed by atoms with Gasteiger partial charge >= 0.3 is 0 Å². The highest BCUT2D eigenvalue weighted by Gasteiger charge is 2.10. The molecule has 0 bridgehead atoms. The molecule has 19 heavy (non-hydrogen) atoms. The van der Waals surface area contributed by atoms with Gasteiger partial charge < -0.3 is 5.32 Å². The maximum absolute atomic E-state index is 5.96. The second-order valence-electron chi connectivity index (χ2n) is 5.35. The molecule has 0 saturated carbocycles. The van der Waals surface area contributed by atoms with E-state index in [9.17, 15) is 0 Å². The second kappa shape index (κ2) is 7.72. The van der Waals surface area contributed by atoms with Gasteiger partial charge in [-0.3, -0.25) is 0 Å². The Morgan fingerprint density at radius 3 is 2.68 bits per heavy atom. The molecule has 104 valence electrons. The third-order valence-electron chi connectivity index (χ3n) is 3.82. The van der Waals surface area contributed by atoms with E-state index in [2.05, 4.69) is 30.4 Å². The van der Waals surface area contributed by atoms with Crippen molar-refractivity contribution in [2.45, 2.75) is 51.5 Å². The molecule has 1 atom stereocenters. The van der Waals surface area contributed by atoms with Crippen molar-refractivity contribution in [3.8, 4) is 0 Å². The van der Waals surface area contributed by atoms with Crippen molar-refractivity contribution >= 4 is 11.6 Å². The maximum Gasteiger partial charge on any atom is 0.0406 e. The normalized spacial score (nSPS) is 16.4. The van der Waals surface area contributed by atoms with Gasteiger partial charge in [-0.15, -0.1) is 0 Å². The highest BCUT2D eigenvalue weighted by atomic mass is 35.5. The topological polar surface area (TPSA) is 12.0 Å². The largest absolute Gasteiger partial charge is 0.310 e. The van der Waals surface area contributed by atoms with Gasteiger partial charge in [-0.2, -0.15) is 0 Å². The van der Waals surface area contributed by atoms with Crippen LogP contribution in [0.15, 0.2) is 35.9 Å². The molecule has 1 aliphatic rings. The van der Waals surface area contributed by atoms with Gasteiger partial charge in [0.25, 0.3) is 0 Å². The monoisotopic (exact) mass is 277 g/mol. The molecule has 0 spiro atoms. The number of hydrogen-bond acceptors (Lipinski definition) is 1. The van der Waals surface area contributed by atoms with Crippen LogP contribution in [-0.2, 0) is 0 Å². The average Bonchev–Trinajstić information content (AvgIpc) is 2.92. The fourth-order valence-electron chi connectivity index (χ4n) is 2.74. The van der Waals surface area contributed by atoms with E-state index in [-0.39, 0.29) is 0 Å². The Balaban J connectivity index is 1.86. The van der Waals surface area contributed by atoms with E-state index >= 15 is 0 Å². The minimum atomic E-state index is 0.462. The summed E-state index contributed by atoms with van der Waals surface area (Å²) < 4.78 is 0. The van der Waals surface area contributed by atoms with E-state index in [0.717, 1.165) is 11.6 Å². The SMILES string of the molecule is CCCC(NCCC1=CCCC1)c1ccc(Cl)cc1. The highest BCUT2D eigenvalue weighted by Crippen LogP contribution is 2.23. The molecule has 1 aliphatic carbocycles. The molecule has 1 aromatic rings. The third-order valence-corrected chi connectivity index (χ3v) is 4.07. The lowest BCUT2D eigenvalue weighted by Crippen LogP contribution is -2.22. The molecule has 0 fully saturated rings. The molecule has 2 heteroatoms. The zero-order valence-corrected chi connectivity index (χ0v) is 12.5. The zero-order chi connectivity index (χ0) is 13.5. The van der Waals surface area contributed by atoms with E-state index in [1.165, 1.54) is 44.1 Å². The molecule has 1 nitrogen and oxygen atoms in total. The van der Waals surface area contributed by atoms with Crippen molar-refractivity contribution in [1.82, 2.24) is 5.32 Å². The van der Waals surface area contributed by atoms with Gasteiger partial charge in [0.1, 0.15) is 0 Å². The molecule has 0 saturated heterocycles. The first-order valence-corrected chi connectivity index (χ1v) is 7.84. The van der Waals surface area contributed by atoms with Gasteiger partial charge in [-0.05, 0) is 56.3 Å². The van der Waals surface area contributed by atoms with Gasteiger partial charge in [0, 0.05) is 11.1 Å². The summed E-state index contributed by atoms with van der Waals surface area (Å²) in [7, 11) is 0. The van der Waals surface area contributed by atoms with Crippen LogP contribution >= 0.6 is 11.6 Å². The molecular formula is C17H24ClN. The van der Waals surface area contributed by atoms with E-state index in [1.807, 2.05) is 12.1 Å². The molecule has 1 aromatic carbocycles. The fraction of sp³-hybridized carbons (Fsp3) is 0.529. The van der Waals surface area contributed by atoms with Crippen molar-refractivity contribution in [1.29, 1.82) is 0 Å². The summed E-state index contributed by atoms with van der Waals surface area (Å²) in [5.41, 5.74) is 2.99. The average molecular weight is 278 g/mol. The van der Waals surface area contributed by atoms with Crippen LogP contribution in [0.1, 0.15) is 57.1 Å². The summed E-state index contributed by atoms with van der Waals surface area (Å²) in [6.07, 6.45) is 9.94. The van der Waals surface area contributed by atoms with Crippen molar-refractivity contribution < 1.29 is 0 Å². The number of rotatable bonds is 7. The summed E-state index contributed by atoms with van der Waals surface area (Å²) in [5.74, 6) is 0. The van der Waals surface area contributed by atoms with E-state index in [4.69, 9.17) is 11.6 Å². The van der Waals surface area contributed by atoms with Crippen LogP contribution < -0.4 is 5.32 Å². The molecule has 0 aromatic heterocycles. The summed E-state index contributed by atoms with van der Waals surface area (Å²) >= 11 is 5.96. The maximum atomic E-state index is 5.96. The molecular weight excluding hydrogens is 254 g/mol. The van der Waals surface area contributed by atoms with Crippen LogP contribution in [-0.4, -0.2) is 6.54 Å². The quantitative estimate of drug-likeness (QED) is 0.670. The summed E-state index contributed by atoms with van der Waals surface area (Å²) in [5, 5.41) is 4.51. The highest BCUT2D eigenvalue weighted by molar-refractivity contribution is 6.30. The summed E-state index contributed by atoms with van der Waals surface area (Å²) in [6.45, 7) is 3.32. The number of nitrogens with one attached hydrogen (secondary N) is 1. The molecule has 0 heterocycles. The molecule has 1 unspecified atom stereocenters. The lowest BCUT2D eigenvalue weighted by molar-refractivity contribution is 0.496. The van der Waals surface area contributed by atoms with E-state index in [1.54, 1.807) is 5.57 Å². The smallest absolute Gasteiger partial charge is 0.0406 e. The van der Waals surface area contributed by atoms with Crippen LogP contribution in [0.4, 0.5) is 0 Å². The fourth-order valence-corrected chi connectivity index (χ4v) is 2.87. The van der Waals surface area contributed by atoms with E-state index < -0.39 is 0 Å². The van der Waals surface area contributed by atoms with Gasteiger partial charge in [0.2, 0.25) is 0 Å². The van der Waals surface area contributed by atoms with Crippen LogP contribution in [0.25, 0.3) is 0 Å². The van der Waals surface area contributed by atoms with Gasteiger partial charge in [-0.25, -0.2) is 0 Å². The first kappa shape index (κ1) is 14.6.